The molecule has 0 aliphatic carbocycles. The lowest BCUT2D eigenvalue weighted by Gasteiger charge is -2.04. The molecule has 0 atom stereocenters. The van der Waals surface area contributed by atoms with Gasteiger partial charge in [0.15, 0.2) is 5.82 Å². The van der Waals surface area contributed by atoms with Gasteiger partial charge in [0.1, 0.15) is 0 Å². The van der Waals surface area contributed by atoms with Crippen molar-refractivity contribution in [2.45, 2.75) is 13.5 Å². The lowest BCUT2D eigenvalue weighted by Crippen LogP contribution is -2.09. The van der Waals surface area contributed by atoms with E-state index in [-0.39, 0.29) is 0 Å². The van der Waals surface area contributed by atoms with Gasteiger partial charge in [0.2, 0.25) is 0 Å². The standard InChI is InChI=1S/C10H13N5O/c1-2-16-8-7-15-10(12-13-14-15)9-3-5-11-6-4-9/h3-6H,2,7-8H2,1H3. The molecule has 16 heavy (non-hydrogen) atoms. The van der Waals surface area contributed by atoms with Crippen LogP contribution in [0.1, 0.15) is 6.92 Å². The molecule has 0 saturated heterocycles. The second kappa shape index (κ2) is 5.32. The van der Waals surface area contributed by atoms with Gasteiger partial charge < -0.3 is 4.74 Å². The van der Waals surface area contributed by atoms with E-state index in [4.69, 9.17) is 4.74 Å². The lowest BCUT2D eigenvalue weighted by atomic mass is 10.2. The van der Waals surface area contributed by atoms with E-state index in [0.29, 0.717) is 19.8 Å². The second-order valence-corrected chi connectivity index (χ2v) is 3.16. The molecule has 2 heterocycles. The van der Waals surface area contributed by atoms with Crippen LogP contribution >= 0.6 is 0 Å². The zero-order chi connectivity index (χ0) is 11.2. The molecular formula is C10H13N5O. The third-order valence-corrected chi connectivity index (χ3v) is 2.12. The van der Waals surface area contributed by atoms with Crippen LogP contribution in [0, 0.1) is 0 Å². The van der Waals surface area contributed by atoms with Crippen molar-refractivity contribution in [2.24, 2.45) is 0 Å². The van der Waals surface area contributed by atoms with Crippen LogP contribution in [0.25, 0.3) is 11.4 Å². The van der Waals surface area contributed by atoms with Crippen LogP contribution in [0.2, 0.25) is 0 Å². The number of nitrogens with zero attached hydrogens (tertiary/aromatic N) is 5. The molecule has 0 amide bonds. The van der Waals surface area contributed by atoms with Gasteiger partial charge in [-0.3, -0.25) is 4.98 Å². The van der Waals surface area contributed by atoms with Crippen molar-refractivity contribution >= 4 is 0 Å². The maximum atomic E-state index is 5.27. The summed E-state index contributed by atoms with van der Waals surface area (Å²) in [5.74, 6) is 0.738. The van der Waals surface area contributed by atoms with Gasteiger partial charge in [-0.15, -0.1) is 5.10 Å². The van der Waals surface area contributed by atoms with Crippen molar-refractivity contribution in [1.29, 1.82) is 0 Å². The average molecular weight is 219 g/mol. The first kappa shape index (κ1) is 10.7. The van der Waals surface area contributed by atoms with Gasteiger partial charge in [-0.25, -0.2) is 4.68 Å². The molecule has 2 aromatic rings. The van der Waals surface area contributed by atoms with E-state index < -0.39 is 0 Å². The topological polar surface area (TPSA) is 65.7 Å². The molecule has 6 nitrogen and oxygen atoms in total. The highest BCUT2D eigenvalue weighted by atomic mass is 16.5. The van der Waals surface area contributed by atoms with Crippen molar-refractivity contribution in [3.8, 4) is 11.4 Å². The fourth-order valence-electron chi connectivity index (χ4n) is 1.36. The Kier molecular flexibility index (Phi) is 3.55. The molecule has 0 fully saturated rings. The largest absolute Gasteiger partial charge is 0.380 e. The third-order valence-electron chi connectivity index (χ3n) is 2.12. The normalized spacial score (nSPS) is 10.6. The first-order valence-corrected chi connectivity index (χ1v) is 5.16. The molecule has 0 N–H and O–H groups in total. The molecule has 6 heteroatoms. The Morgan fingerprint density at radius 2 is 2.12 bits per heavy atom. The lowest BCUT2D eigenvalue weighted by molar-refractivity contribution is 0.136. The molecule has 0 bridgehead atoms. The molecule has 2 rings (SSSR count). The molecule has 0 unspecified atom stereocenters. The highest BCUT2D eigenvalue weighted by Gasteiger charge is 2.07. The molecule has 0 aromatic carbocycles. The second-order valence-electron chi connectivity index (χ2n) is 3.16. The van der Waals surface area contributed by atoms with Crippen LogP contribution < -0.4 is 0 Å². The van der Waals surface area contributed by atoms with Gasteiger partial charge in [0, 0.05) is 24.6 Å². The van der Waals surface area contributed by atoms with Crippen molar-refractivity contribution < 1.29 is 4.74 Å². The fraction of sp³-hybridized carbons (Fsp3) is 0.400. The van der Waals surface area contributed by atoms with Gasteiger partial charge in [0.05, 0.1) is 13.2 Å². The zero-order valence-corrected chi connectivity index (χ0v) is 9.08. The van der Waals surface area contributed by atoms with Crippen molar-refractivity contribution in [2.75, 3.05) is 13.2 Å². The molecule has 0 saturated carbocycles. The first-order chi connectivity index (χ1) is 7.92. The van der Waals surface area contributed by atoms with Gasteiger partial charge in [0.25, 0.3) is 0 Å². The third kappa shape index (κ3) is 2.40. The number of hydrogen-bond donors (Lipinski definition) is 0. The molecule has 0 spiro atoms. The van der Waals surface area contributed by atoms with Crippen LogP contribution in [0.4, 0.5) is 0 Å². The van der Waals surface area contributed by atoms with Crippen LogP contribution in [0.3, 0.4) is 0 Å². The van der Waals surface area contributed by atoms with Crippen molar-refractivity contribution in [3.05, 3.63) is 24.5 Å². The Balaban J connectivity index is 2.13. The Morgan fingerprint density at radius 3 is 2.88 bits per heavy atom. The van der Waals surface area contributed by atoms with E-state index >= 15 is 0 Å². The molecule has 2 aromatic heterocycles. The summed E-state index contributed by atoms with van der Waals surface area (Å²) >= 11 is 0. The summed E-state index contributed by atoms with van der Waals surface area (Å²) in [7, 11) is 0. The first-order valence-electron chi connectivity index (χ1n) is 5.16. The summed E-state index contributed by atoms with van der Waals surface area (Å²) in [6, 6.07) is 3.76. The number of hydrogen-bond acceptors (Lipinski definition) is 5. The summed E-state index contributed by atoms with van der Waals surface area (Å²) in [5.41, 5.74) is 0.955. The molecule has 0 aliphatic rings. The van der Waals surface area contributed by atoms with Crippen LogP contribution in [0.15, 0.2) is 24.5 Å². The number of pyridine rings is 1. The van der Waals surface area contributed by atoms with E-state index in [2.05, 4.69) is 20.5 Å². The SMILES string of the molecule is CCOCCn1nnnc1-c1ccncc1. The maximum absolute atomic E-state index is 5.27. The molecule has 0 radical (unpaired) electrons. The quantitative estimate of drug-likeness (QED) is 0.695. The summed E-state index contributed by atoms with van der Waals surface area (Å²) in [6.07, 6.45) is 3.44. The fourth-order valence-corrected chi connectivity index (χ4v) is 1.36. The van der Waals surface area contributed by atoms with E-state index in [1.165, 1.54) is 0 Å². The van der Waals surface area contributed by atoms with Crippen LogP contribution in [-0.2, 0) is 11.3 Å². The molecule has 0 aliphatic heterocycles. The van der Waals surface area contributed by atoms with E-state index in [1.807, 2.05) is 19.1 Å². The number of tetrazole rings is 1. The molecule has 84 valence electrons. The summed E-state index contributed by atoms with van der Waals surface area (Å²) in [5, 5.41) is 11.6. The average Bonchev–Trinajstić information content (AvgIpc) is 2.79. The predicted octanol–water partition coefficient (Wildman–Crippen LogP) is 0.772. The van der Waals surface area contributed by atoms with E-state index in [1.54, 1.807) is 17.1 Å². The van der Waals surface area contributed by atoms with Crippen molar-refractivity contribution in [1.82, 2.24) is 25.2 Å². The van der Waals surface area contributed by atoms with Gasteiger partial charge in [-0.2, -0.15) is 0 Å². The van der Waals surface area contributed by atoms with Crippen LogP contribution in [-0.4, -0.2) is 38.4 Å². The minimum atomic E-state index is 0.611. The Hall–Kier alpha value is -1.82. The summed E-state index contributed by atoms with van der Waals surface area (Å²) < 4.78 is 7.00. The van der Waals surface area contributed by atoms with Crippen LogP contribution in [0.5, 0.6) is 0 Å². The monoisotopic (exact) mass is 219 g/mol. The summed E-state index contributed by atoms with van der Waals surface area (Å²) in [6.45, 7) is 3.92. The number of aromatic nitrogens is 5. The minimum absolute atomic E-state index is 0.611. The van der Waals surface area contributed by atoms with Gasteiger partial charge in [-0.05, 0) is 29.5 Å². The van der Waals surface area contributed by atoms with Gasteiger partial charge >= 0.3 is 0 Å². The highest BCUT2D eigenvalue weighted by molar-refractivity contribution is 5.52. The Morgan fingerprint density at radius 1 is 1.31 bits per heavy atom. The smallest absolute Gasteiger partial charge is 0.182 e. The number of rotatable bonds is 5. The summed E-state index contributed by atoms with van der Waals surface area (Å²) in [4.78, 5) is 3.96. The predicted molar refractivity (Wildman–Crippen MR) is 57.5 cm³/mol. The Bertz CT molecular complexity index is 428. The minimum Gasteiger partial charge on any atom is -0.380 e. The van der Waals surface area contributed by atoms with Crippen molar-refractivity contribution in [3.63, 3.8) is 0 Å². The van der Waals surface area contributed by atoms with E-state index in [0.717, 1.165) is 11.4 Å². The maximum Gasteiger partial charge on any atom is 0.182 e. The molecular weight excluding hydrogens is 206 g/mol. The Labute approximate surface area is 93.3 Å². The highest BCUT2D eigenvalue weighted by Crippen LogP contribution is 2.13. The zero-order valence-electron chi connectivity index (χ0n) is 9.08. The van der Waals surface area contributed by atoms with E-state index in [9.17, 15) is 0 Å². The van der Waals surface area contributed by atoms with Gasteiger partial charge in [-0.1, -0.05) is 0 Å². The number of ether oxygens (including phenoxy) is 1.